The Labute approximate surface area is 158 Å². The summed E-state index contributed by atoms with van der Waals surface area (Å²) in [5.74, 6) is 1.66. The average molecular weight is 371 g/mol. The zero-order valence-electron chi connectivity index (χ0n) is 16.3. The highest BCUT2D eigenvalue weighted by molar-refractivity contribution is 5.23. The summed E-state index contributed by atoms with van der Waals surface area (Å²) in [4.78, 5) is 9.96. The Morgan fingerprint density at radius 3 is 2.63 bits per heavy atom. The predicted molar refractivity (Wildman–Crippen MR) is 100 cm³/mol. The fraction of sp³-hybridized carbons (Fsp3) is 0.500. The summed E-state index contributed by atoms with van der Waals surface area (Å²) >= 11 is 0. The lowest BCUT2D eigenvalue weighted by atomic mass is 9.96. The second-order valence-corrected chi connectivity index (χ2v) is 7.17. The van der Waals surface area contributed by atoms with E-state index in [0.29, 0.717) is 24.6 Å². The molecule has 0 amide bonds. The summed E-state index contributed by atoms with van der Waals surface area (Å²) in [6.07, 6.45) is 5.51. The first kappa shape index (κ1) is 19.2. The third-order valence-corrected chi connectivity index (χ3v) is 4.60. The molecule has 7 heteroatoms. The van der Waals surface area contributed by atoms with Gasteiger partial charge >= 0.3 is 0 Å². The molecule has 3 aromatic heterocycles. The van der Waals surface area contributed by atoms with Crippen LogP contribution in [-0.4, -0.2) is 25.0 Å². The summed E-state index contributed by atoms with van der Waals surface area (Å²) in [6.45, 7) is 8.92. The largest absolute Gasteiger partial charge is 0.445 e. The van der Waals surface area contributed by atoms with Gasteiger partial charge in [0.2, 0.25) is 5.95 Å². The summed E-state index contributed by atoms with van der Waals surface area (Å²) in [7, 11) is 0. The molecule has 0 spiro atoms. The lowest BCUT2D eigenvalue weighted by molar-refractivity contribution is 0.429. The van der Waals surface area contributed by atoms with E-state index in [1.165, 1.54) is 6.07 Å². The molecule has 0 aliphatic rings. The van der Waals surface area contributed by atoms with Gasteiger partial charge in [0.15, 0.2) is 5.89 Å². The minimum atomic E-state index is -0.463. The van der Waals surface area contributed by atoms with E-state index in [1.54, 1.807) is 17.2 Å². The number of halogens is 1. The second-order valence-electron chi connectivity index (χ2n) is 7.17. The van der Waals surface area contributed by atoms with Crippen LogP contribution in [0.2, 0.25) is 0 Å². The van der Waals surface area contributed by atoms with Gasteiger partial charge in [0.25, 0.3) is 0 Å². The van der Waals surface area contributed by atoms with Crippen LogP contribution in [0.1, 0.15) is 74.6 Å². The van der Waals surface area contributed by atoms with Gasteiger partial charge in [-0.05, 0) is 37.0 Å². The van der Waals surface area contributed by atoms with Crippen molar-refractivity contribution in [2.24, 2.45) is 0 Å². The monoisotopic (exact) mass is 371 g/mol. The number of hydrogen-bond donors (Lipinski definition) is 0. The van der Waals surface area contributed by atoms with Gasteiger partial charge in [0, 0.05) is 18.8 Å². The molecule has 0 aromatic carbocycles. The van der Waals surface area contributed by atoms with Gasteiger partial charge in [0.1, 0.15) is 5.76 Å². The maximum absolute atomic E-state index is 14.0. The second kappa shape index (κ2) is 8.41. The maximum Gasteiger partial charge on any atom is 0.213 e. The molecule has 0 unspecified atom stereocenters. The van der Waals surface area contributed by atoms with Gasteiger partial charge in [-0.2, -0.15) is 19.4 Å². The molecule has 0 fully saturated rings. The standard InChI is InChI=1S/C20H26FN5O/c1-5-26-23-11-17(25-26)10-16-8-15(9-19(21)24-16)14(4)6-7-20-22-12-18(27-20)13(2)3/h8-9,11-14H,5-7,10H2,1-4H3/t14-/m0/s1. The molecule has 0 saturated heterocycles. The van der Waals surface area contributed by atoms with Gasteiger partial charge < -0.3 is 4.42 Å². The number of aromatic nitrogens is 5. The van der Waals surface area contributed by atoms with Gasteiger partial charge in [-0.15, -0.1) is 0 Å². The van der Waals surface area contributed by atoms with Gasteiger partial charge in [0.05, 0.1) is 30.3 Å². The SMILES string of the molecule is CCn1ncc(Cc2cc([C@@H](C)CCc3ncc(C(C)C)o3)cc(F)n2)n1. The molecule has 0 saturated carbocycles. The smallest absolute Gasteiger partial charge is 0.213 e. The van der Waals surface area contributed by atoms with Gasteiger partial charge in [-0.25, -0.2) is 9.97 Å². The molecule has 0 bridgehead atoms. The highest BCUT2D eigenvalue weighted by Crippen LogP contribution is 2.24. The van der Waals surface area contributed by atoms with Crippen LogP contribution < -0.4 is 0 Å². The van der Waals surface area contributed by atoms with E-state index in [9.17, 15) is 4.39 Å². The molecule has 3 rings (SSSR count). The van der Waals surface area contributed by atoms with E-state index in [2.05, 4.69) is 40.9 Å². The lowest BCUT2D eigenvalue weighted by Gasteiger charge is -2.12. The van der Waals surface area contributed by atoms with Crippen molar-refractivity contribution in [1.29, 1.82) is 0 Å². The van der Waals surface area contributed by atoms with Crippen molar-refractivity contribution < 1.29 is 8.81 Å². The highest BCUT2D eigenvalue weighted by Gasteiger charge is 2.14. The number of aryl methyl sites for hydroxylation is 2. The zero-order valence-corrected chi connectivity index (χ0v) is 16.3. The Bertz CT molecular complexity index is 886. The molecule has 1 atom stereocenters. The van der Waals surface area contributed by atoms with Crippen molar-refractivity contribution in [2.45, 2.75) is 65.3 Å². The van der Waals surface area contributed by atoms with E-state index in [0.717, 1.165) is 35.7 Å². The molecule has 6 nitrogen and oxygen atoms in total. The van der Waals surface area contributed by atoms with Crippen LogP contribution in [0.15, 0.2) is 28.9 Å². The van der Waals surface area contributed by atoms with E-state index in [4.69, 9.17) is 4.42 Å². The number of rotatable bonds is 8. The molecule has 27 heavy (non-hydrogen) atoms. The van der Waals surface area contributed by atoms with Crippen LogP contribution >= 0.6 is 0 Å². The summed E-state index contributed by atoms with van der Waals surface area (Å²) in [6, 6.07) is 3.46. The molecule has 3 aromatic rings. The fourth-order valence-corrected chi connectivity index (χ4v) is 2.91. The van der Waals surface area contributed by atoms with Crippen LogP contribution in [-0.2, 0) is 19.4 Å². The highest BCUT2D eigenvalue weighted by atomic mass is 19.1. The van der Waals surface area contributed by atoms with E-state index in [1.807, 2.05) is 13.0 Å². The minimum Gasteiger partial charge on any atom is -0.445 e. The van der Waals surface area contributed by atoms with Crippen LogP contribution in [0.3, 0.4) is 0 Å². The van der Waals surface area contributed by atoms with Crippen LogP contribution in [0.4, 0.5) is 4.39 Å². The van der Waals surface area contributed by atoms with E-state index < -0.39 is 5.95 Å². The first-order valence-electron chi connectivity index (χ1n) is 9.44. The molecule has 0 radical (unpaired) electrons. The minimum absolute atomic E-state index is 0.168. The topological polar surface area (TPSA) is 69.6 Å². The summed E-state index contributed by atoms with van der Waals surface area (Å²) in [5, 5.41) is 8.50. The van der Waals surface area contributed by atoms with Crippen molar-refractivity contribution in [3.05, 3.63) is 59.1 Å². The number of hydrogen-bond acceptors (Lipinski definition) is 5. The summed E-state index contributed by atoms with van der Waals surface area (Å²) < 4.78 is 19.8. The first-order chi connectivity index (χ1) is 12.9. The van der Waals surface area contributed by atoms with Crippen LogP contribution in [0.25, 0.3) is 0 Å². The van der Waals surface area contributed by atoms with Crippen molar-refractivity contribution in [3.63, 3.8) is 0 Å². The Morgan fingerprint density at radius 2 is 1.96 bits per heavy atom. The number of nitrogens with zero attached hydrogens (tertiary/aromatic N) is 5. The normalized spacial score (nSPS) is 12.7. The molecule has 3 heterocycles. The predicted octanol–water partition coefficient (Wildman–Crippen LogP) is 4.27. The van der Waals surface area contributed by atoms with Crippen molar-refractivity contribution in [1.82, 2.24) is 25.0 Å². The quantitative estimate of drug-likeness (QED) is 0.553. The van der Waals surface area contributed by atoms with Crippen molar-refractivity contribution >= 4 is 0 Å². The van der Waals surface area contributed by atoms with E-state index in [-0.39, 0.29) is 5.92 Å². The molecule has 0 aliphatic carbocycles. The third kappa shape index (κ3) is 4.99. The molecule has 0 aliphatic heterocycles. The van der Waals surface area contributed by atoms with Gasteiger partial charge in [-0.1, -0.05) is 20.8 Å². The van der Waals surface area contributed by atoms with Crippen LogP contribution in [0, 0.1) is 5.95 Å². The molecule has 144 valence electrons. The summed E-state index contributed by atoms with van der Waals surface area (Å²) in [5.41, 5.74) is 2.38. The van der Waals surface area contributed by atoms with Crippen LogP contribution in [0.5, 0.6) is 0 Å². The van der Waals surface area contributed by atoms with E-state index >= 15 is 0 Å². The Kier molecular flexibility index (Phi) is 5.98. The average Bonchev–Trinajstić information content (AvgIpc) is 3.28. The van der Waals surface area contributed by atoms with Crippen molar-refractivity contribution in [2.75, 3.05) is 0 Å². The third-order valence-electron chi connectivity index (χ3n) is 4.60. The molecule has 0 N–H and O–H groups in total. The Morgan fingerprint density at radius 1 is 1.15 bits per heavy atom. The zero-order chi connectivity index (χ0) is 19.4. The first-order valence-corrected chi connectivity index (χ1v) is 9.44. The number of oxazole rings is 1. The molecular formula is C20H26FN5O. The Hall–Kier alpha value is -2.57. The lowest BCUT2D eigenvalue weighted by Crippen LogP contribution is -2.03. The Balaban J connectivity index is 1.66. The maximum atomic E-state index is 14.0. The number of pyridine rings is 1. The van der Waals surface area contributed by atoms with Crippen molar-refractivity contribution in [3.8, 4) is 0 Å². The van der Waals surface area contributed by atoms with Gasteiger partial charge in [-0.3, -0.25) is 0 Å². The fourth-order valence-electron chi connectivity index (χ4n) is 2.91. The molecular weight excluding hydrogens is 345 g/mol.